The molecule has 0 unspecified atom stereocenters. The third-order valence-electron chi connectivity index (χ3n) is 3.32. The normalized spacial score (nSPS) is 16.2. The van der Waals surface area contributed by atoms with E-state index in [1.807, 2.05) is 11.3 Å². The zero-order valence-corrected chi connectivity index (χ0v) is 12.4. The molecular formula is C14H25N3S. The van der Waals surface area contributed by atoms with Crippen molar-refractivity contribution in [3.8, 4) is 0 Å². The van der Waals surface area contributed by atoms with Crippen molar-refractivity contribution in [1.82, 2.24) is 9.88 Å². The lowest BCUT2D eigenvalue weighted by Crippen LogP contribution is -2.32. The predicted octanol–water partition coefficient (Wildman–Crippen LogP) is 2.44. The molecule has 18 heavy (non-hydrogen) atoms. The molecule has 1 aliphatic rings. The number of hydrogen-bond acceptors (Lipinski definition) is 4. The SMILES string of the molecule is CC(C)CN1CCc2nc(CCCCN)sc2C1. The van der Waals surface area contributed by atoms with Gasteiger partial charge in [0.25, 0.3) is 0 Å². The van der Waals surface area contributed by atoms with Crippen LogP contribution < -0.4 is 5.73 Å². The molecule has 0 amide bonds. The number of fused-ring (bicyclic) bond motifs is 1. The lowest BCUT2D eigenvalue weighted by molar-refractivity contribution is 0.228. The fraction of sp³-hybridized carbons (Fsp3) is 0.786. The van der Waals surface area contributed by atoms with E-state index in [2.05, 4.69) is 18.7 Å². The molecule has 2 heterocycles. The van der Waals surface area contributed by atoms with Gasteiger partial charge < -0.3 is 5.73 Å². The molecule has 1 aromatic rings. The maximum atomic E-state index is 5.53. The van der Waals surface area contributed by atoms with Gasteiger partial charge in [0, 0.05) is 30.9 Å². The summed E-state index contributed by atoms with van der Waals surface area (Å²) in [5, 5.41) is 1.32. The van der Waals surface area contributed by atoms with E-state index in [1.54, 1.807) is 0 Å². The fourth-order valence-electron chi connectivity index (χ4n) is 2.50. The van der Waals surface area contributed by atoms with Crippen molar-refractivity contribution in [2.45, 2.75) is 46.1 Å². The monoisotopic (exact) mass is 267 g/mol. The molecule has 0 saturated heterocycles. The first-order valence-corrected chi connectivity index (χ1v) is 7.90. The second-order valence-corrected chi connectivity index (χ2v) is 6.77. The van der Waals surface area contributed by atoms with E-state index in [0.29, 0.717) is 0 Å². The Morgan fingerprint density at radius 3 is 2.94 bits per heavy atom. The van der Waals surface area contributed by atoms with Gasteiger partial charge in [-0.15, -0.1) is 11.3 Å². The van der Waals surface area contributed by atoms with Gasteiger partial charge in [-0.1, -0.05) is 13.8 Å². The Bertz CT molecular complexity index is 373. The molecule has 0 spiro atoms. The van der Waals surface area contributed by atoms with E-state index in [4.69, 9.17) is 10.7 Å². The van der Waals surface area contributed by atoms with Gasteiger partial charge in [0.05, 0.1) is 10.7 Å². The highest BCUT2D eigenvalue weighted by molar-refractivity contribution is 7.11. The van der Waals surface area contributed by atoms with Crippen LogP contribution in [0.4, 0.5) is 0 Å². The van der Waals surface area contributed by atoms with Gasteiger partial charge >= 0.3 is 0 Å². The van der Waals surface area contributed by atoms with Crippen LogP contribution in [0.2, 0.25) is 0 Å². The van der Waals surface area contributed by atoms with Crippen molar-refractivity contribution in [2.24, 2.45) is 11.7 Å². The number of rotatable bonds is 6. The molecule has 1 aromatic heterocycles. The summed E-state index contributed by atoms with van der Waals surface area (Å²) < 4.78 is 0. The summed E-state index contributed by atoms with van der Waals surface area (Å²) in [5.41, 5.74) is 6.89. The van der Waals surface area contributed by atoms with Crippen molar-refractivity contribution in [3.63, 3.8) is 0 Å². The van der Waals surface area contributed by atoms with E-state index in [-0.39, 0.29) is 0 Å². The topological polar surface area (TPSA) is 42.2 Å². The number of hydrogen-bond donors (Lipinski definition) is 1. The van der Waals surface area contributed by atoms with Crippen LogP contribution in [0.1, 0.15) is 42.3 Å². The van der Waals surface area contributed by atoms with Gasteiger partial charge in [0.1, 0.15) is 0 Å². The second kappa shape index (κ2) is 6.64. The second-order valence-electron chi connectivity index (χ2n) is 5.60. The number of unbranched alkanes of at least 4 members (excludes halogenated alkanes) is 1. The van der Waals surface area contributed by atoms with Crippen LogP contribution in [-0.4, -0.2) is 29.5 Å². The summed E-state index contributed by atoms with van der Waals surface area (Å²) in [7, 11) is 0. The number of aromatic nitrogens is 1. The molecular weight excluding hydrogens is 242 g/mol. The van der Waals surface area contributed by atoms with Crippen LogP contribution in [0, 0.1) is 5.92 Å². The molecule has 0 radical (unpaired) electrons. The smallest absolute Gasteiger partial charge is 0.0931 e. The average molecular weight is 267 g/mol. The standard InChI is InChI=1S/C14H25N3S/c1-11(2)9-17-8-6-12-13(10-17)18-14(16-12)5-3-4-7-15/h11H,3-10,15H2,1-2H3. The van der Waals surface area contributed by atoms with Crippen molar-refractivity contribution in [1.29, 1.82) is 0 Å². The minimum Gasteiger partial charge on any atom is -0.330 e. The van der Waals surface area contributed by atoms with Crippen LogP contribution in [0.5, 0.6) is 0 Å². The largest absolute Gasteiger partial charge is 0.330 e. The number of nitrogens with zero attached hydrogens (tertiary/aromatic N) is 2. The summed E-state index contributed by atoms with van der Waals surface area (Å²) in [4.78, 5) is 8.86. The van der Waals surface area contributed by atoms with Gasteiger partial charge in [-0.05, 0) is 31.7 Å². The lowest BCUT2D eigenvalue weighted by atomic mass is 10.1. The van der Waals surface area contributed by atoms with Crippen molar-refractivity contribution < 1.29 is 0 Å². The number of thiazole rings is 1. The third-order valence-corrected chi connectivity index (χ3v) is 4.46. The molecule has 3 nitrogen and oxygen atoms in total. The molecule has 102 valence electrons. The Labute approximate surface area is 114 Å². The lowest BCUT2D eigenvalue weighted by Gasteiger charge is -2.27. The molecule has 0 fully saturated rings. The Morgan fingerprint density at radius 2 is 2.22 bits per heavy atom. The summed E-state index contributed by atoms with van der Waals surface area (Å²) >= 11 is 1.92. The molecule has 0 bridgehead atoms. The first-order valence-electron chi connectivity index (χ1n) is 7.09. The third kappa shape index (κ3) is 3.77. The highest BCUT2D eigenvalue weighted by atomic mass is 32.1. The first-order chi connectivity index (χ1) is 8.69. The Hall–Kier alpha value is -0.450. The van der Waals surface area contributed by atoms with Crippen molar-refractivity contribution in [3.05, 3.63) is 15.6 Å². The van der Waals surface area contributed by atoms with E-state index in [9.17, 15) is 0 Å². The molecule has 2 N–H and O–H groups in total. The van der Waals surface area contributed by atoms with Gasteiger partial charge in [0.15, 0.2) is 0 Å². The zero-order chi connectivity index (χ0) is 13.0. The Balaban J connectivity index is 1.91. The van der Waals surface area contributed by atoms with E-state index >= 15 is 0 Å². The maximum absolute atomic E-state index is 5.53. The first kappa shape index (κ1) is 14.0. The van der Waals surface area contributed by atoms with Crippen LogP contribution in [0.15, 0.2) is 0 Å². The van der Waals surface area contributed by atoms with Crippen LogP contribution in [-0.2, 0) is 19.4 Å². The van der Waals surface area contributed by atoms with E-state index < -0.39 is 0 Å². The van der Waals surface area contributed by atoms with Gasteiger partial charge in [-0.3, -0.25) is 4.90 Å². The van der Waals surface area contributed by atoms with E-state index in [0.717, 1.165) is 38.3 Å². The zero-order valence-electron chi connectivity index (χ0n) is 11.6. The van der Waals surface area contributed by atoms with Crippen molar-refractivity contribution >= 4 is 11.3 Å². The summed E-state index contributed by atoms with van der Waals surface area (Å²) in [6, 6.07) is 0. The van der Waals surface area contributed by atoms with Gasteiger partial charge in [-0.25, -0.2) is 4.98 Å². The molecule has 0 aliphatic carbocycles. The summed E-state index contributed by atoms with van der Waals surface area (Å²) in [5.74, 6) is 0.753. The molecule has 0 aromatic carbocycles. The maximum Gasteiger partial charge on any atom is 0.0931 e. The van der Waals surface area contributed by atoms with Crippen LogP contribution >= 0.6 is 11.3 Å². The number of nitrogens with two attached hydrogens (primary N) is 1. The predicted molar refractivity (Wildman–Crippen MR) is 77.9 cm³/mol. The molecule has 0 atom stereocenters. The summed E-state index contributed by atoms with van der Waals surface area (Å²) in [6.45, 7) is 8.88. The van der Waals surface area contributed by atoms with Crippen LogP contribution in [0.3, 0.4) is 0 Å². The molecule has 4 heteroatoms. The molecule has 2 rings (SSSR count). The van der Waals surface area contributed by atoms with Gasteiger partial charge in [0.2, 0.25) is 0 Å². The van der Waals surface area contributed by atoms with Crippen LogP contribution in [0.25, 0.3) is 0 Å². The minimum absolute atomic E-state index is 0.753. The highest BCUT2D eigenvalue weighted by Gasteiger charge is 2.20. The Kier molecular flexibility index (Phi) is 5.15. The fourth-order valence-corrected chi connectivity index (χ4v) is 3.70. The summed E-state index contributed by atoms with van der Waals surface area (Å²) in [6.07, 6.45) is 4.54. The molecule has 1 aliphatic heterocycles. The Morgan fingerprint density at radius 1 is 1.39 bits per heavy atom. The van der Waals surface area contributed by atoms with E-state index in [1.165, 1.54) is 35.1 Å². The van der Waals surface area contributed by atoms with Crippen molar-refractivity contribution in [2.75, 3.05) is 19.6 Å². The number of aryl methyl sites for hydroxylation is 1. The molecule has 0 saturated carbocycles. The quantitative estimate of drug-likeness (QED) is 0.805. The van der Waals surface area contributed by atoms with Gasteiger partial charge in [-0.2, -0.15) is 0 Å². The highest BCUT2D eigenvalue weighted by Crippen LogP contribution is 2.26. The average Bonchev–Trinajstić information content (AvgIpc) is 2.70. The minimum atomic E-state index is 0.753.